The van der Waals surface area contributed by atoms with Gasteiger partial charge in [0, 0.05) is 5.69 Å². The lowest BCUT2D eigenvalue weighted by atomic mass is 10.2. The number of rotatable bonds is 3. The summed E-state index contributed by atoms with van der Waals surface area (Å²) in [6, 6.07) is 5.66. The number of carbonyl (C=O) groups excluding carboxylic acids is 1. The van der Waals surface area contributed by atoms with Gasteiger partial charge >= 0.3 is 6.09 Å². The molecule has 1 amide bonds. The van der Waals surface area contributed by atoms with Crippen LogP contribution in [0.1, 0.15) is 13.8 Å². The second-order valence-corrected chi connectivity index (χ2v) is 3.63. The predicted octanol–water partition coefficient (Wildman–Crippen LogP) is 3.03. The van der Waals surface area contributed by atoms with E-state index in [1.54, 1.807) is 6.07 Å². The summed E-state index contributed by atoms with van der Waals surface area (Å²) in [4.78, 5) is 11.2. The van der Waals surface area contributed by atoms with Crippen LogP contribution < -0.4 is 5.32 Å². The third-order valence-corrected chi connectivity index (χ3v) is 1.62. The van der Waals surface area contributed by atoms with E-state index in [1.165, 1.54) is 18.2 Å². The molecule has 0 atom stereocenters. The third kappa shape index (κ3) is 4.44. The first kappa shape index (κ1) is 11.5. The first-order valence-electron chi connectivity index (χ1n) is 4.77. The standard InChI is InChI=1S/C11H14FNO2/c1-8(2)7-15-11(14)13-10-5-3-4-9(12)6-10/h3-6,8H,7H2,1-2H3,(H,13,14). The van der Waals surface area contributed by atoms with Crippen molar-refractivity contribution in [2.24, 2.45) is 5.92 Å². The van der Waals surface area contributed by atoms with Gasteiger partial charge in [0.2, 0.25) is 0 Å². The molecular formula is C11H14FNO2. The molecule has 4 heteroatoms. The number of halogens is 1. The summed E-state index contributed by atoms with van der Waals surface area (Å²) in [6.07, 6.45) is -0.561. The minimum Gasteiger partial charge on any atom is -0.449 e. The van der Waals surface area contributed by atoms with E-state index in [-0.39, 0.29) is 5.92 Å². The van der Waals surface area contributed by atoms with Crippen molar-refractivity contribution in [1.82, 2.24) is 0 Å². The van der Waals surface area contributed by atoms with E-state index >= 15 is 0 Å². The number of hydrogen-bond donors (Lipinski definition) is 1. The zero-order valence-corrected chi connectivity index (χ0v) is 8.79. The number of hydrogen-bond acceptors (Lipinski definition) is 2. The summed E-state index contributed by atoms with van der Waals surface area (Å²) in [7, 11) is 0. The van der Waals surface area contributed by atoms with E-state index in [1.807, 2.05) is 13.8 Å². The fourth-order valence-electron chi connectivity index (χ4n) is 0.963. The highest BCUT2D eigenvalue weighted by atomic mass is 19.1. The number of amides is 1. The van der Waals surface area contributed by atoms with Crippen LogP contribution in [-0.4, -0.2) is 12.7 Å². The molecule has 1 rings (SSSR count). The number of ether oxygens (including phenoxy) is 1. The minimum absolute atomic E-state index is 0.281. The second kappa shape index (κ2) is 5.34. The van der Waals surface area contributed by atoms with Gasteiger partial charge in [0.15, 0.2) is 0 Å². The fourth-order valence-corrected chi connectivity index (χ4v) is 0.963. The normalized spacial score (nSPS) is 10.1. The quantitative estimate of drug-likeness (QED) is 0.834. The molecule has 0 aromatic heterocycles. The summed E-state index contributed by atoms with van der Waals surface area (Å²) in [5, 5.41) is 2.44. The van der Waals surface area contributed by atoms with Crippen molar-refractivity contribution in [3.05, 3.63) is 30.1 Å². The number of anilines is 1. The lowest BCUT2D eigenvalue weighted by molar-refractivity contribution is 0.147. The first-order chi connectivity index (χ1) is 7.08. The largest absolute Gasteiger partial charge is 0.449 e. The Hall–Kier alpha value is -1.58. The van der Waals surface area contributed by atoms with Crippen molar-refractivity contribution < 1.29 is 13.9 Å². The third-order valence-electron chi connectivity index (χ3n) is 1.62. The van der Waals surface area contributed by atoms with Crippen LogP contribution in [0.15, 0.2) is 24.3 Å². The summed E-state index contributed by atoms with van der Waals surface area (Å²) in [6.45, 7) is 4.23. The Bertz CT molecular complexity index is 339. The average molecular weight is 211 g/mol. The van der Waals surface area contributed by atoms with Crippen molar-refractivity contribution in [3.8, 4) is 0 Å². The Kier molecular flexibility index (Phi) is 4.09. The molecule has 0 saturated heterocycles. The van der Waals surface area contributed by atoms with E-state index < -0.39 is 11.9 Å². The first-order valence-corrected chi connectivity index (χ1v) is 4.77. The Balaban J connectivity index is 2.44. The maximum atomic E-state index is 12.7. The van der Waals surface area contributed by atoms with E-state index in [0.717, 1.165) is 0 Å². The van der Waals surface area contributed by atoms with Gasteiger partial charge in [-0.1, -0.05) is 19.9 Å². The van der Waals surface area contributed by atoms with Gasteiger partial charge in [-0.2, -0.15) is 0 Å². The molecule has 15 heavy (non-hydrogen) atoms. The van der Waals surface area contributed by atoms with Crippen LogP contribution in [0.2, 0.25) is 0 Å². The monoisotopic (exact) mass is 211 g/mol. The highest BCUT2D eigenvalue weighted by Gasteiger charge is 2.04. The summed E-state index contributed by atoms with van der Waals surface area (Å²) < 4.78 is 17.6. The van der Waals surface area contributed by atoms with Crippen LogP contribution in [0, 0.1) is 11.7 Å². The zero-order chi connectivity index (χ0) is 11.3. The zero-order valence-electron chi connectivity index (χ0n) is 8.79. The molecule has 0 fully saturated rings. The second-order valence-electron chi connectivity index (χ2n) is 3.63. The summed E-state index contributed by atoms with van der Waals surface area (Å²) in [5.41, 5.74) is 0.392. The van der Waals surface area contributed by atoms with Gasteiger partial charge in [-0.3, -0.25) is 5.32 Å². The topological polar surface area (TPSA) is 38.3 Å². The van der Waals surface area contributed by atoms with E-state index in [0.29, 0.717) is 12.3 Å². The Morgan fingerprint density at radius 1 is 1.53 bits per heavy atom. The maximum absolute atomic E-state index is 12.7. The van der Waals surface area contributed by atoms with Crippen molar-refractivity contribution in [2.45, 2.75) is 13.8 Å². The molecule has 0 heterocycles. The predicted molar refractivity (Wildman–Crippen MR) is 56.2 cm³/mol. The molecule has 0 radical (unpaired) electrons. The van der Waals surface area contributed by atoms with E-state index in [2.05, 4.69) is 5.32 Å². The number of carbonyl (C=O) groups is 1. The summed E-state index contributed by atoms with van der Waals surface area (Å²) in [5.74, 6) is -0.111. The molecular weight excluding hydrogens is 197 g/mol. The molecule has 0 aliphatic carbocycles. The SMILES string of the molecule is CC(C)COC(=O)Nc1cccc(F)c1. The molecule has 0 bridgehead atoms. The van der Waals surface area contributed by atoms with Gasteiger partial charge in [0.25, 0.3) is 0 Å². The fraction of sp³-hybridized carbons (Fsp3) is 0.364. The molecule has 0 unspecified atom stereocenters. The molecule has 1 aromatic rings. The smallest absolute Gasteiger partial charge is 0.411 e. The average Bonchev–Trinajstić information content (AvgIpc) is 2.15. The van der Waals surface area contributed by atoms with Crippen molar-refractivity contribution in [3.63, 3.8) is 0 Å². The van der Waals surface area contributed by atoms with Gasteiger partial charge in [-0.05, 0) is 24.1 Å². The summed E-state index contributed by atoms with van der Waals surface area (Å²) >= 11 is 0. The minimum atomic E-state index is -0.561. The van der Waals surface area contributed by atoms with Gasteiger partial charge < -0.3 is 4.74 Å². The van der Waals surface area contributed by atoms with Crippen molar-refractivity contribution in [2.75, 3.05) is 11.9 Å². The van der Waals surface area contributed by atoms with Crippen LogP contribution in [0.3, 0.4) is 0 Å². The molecule has 0 saturated carbocycles. The molecule has 1 aromatic carbocycles. The van der Waals surface area contributed by atoms with Crippen molar-refractivity contribution >= 4 is 11.8 Å². The van der Waals surface area contributed by atoms with E-state index in [9.17, 15) is 9.18 Å². The van der Waals surface area contributed by atoms with Crippen LogP contribution in [-0.2, 0) is 4.74 Å². The highest BCUT2D eigenvalue weighted by molar-refractivity contribution is 5.84. The van der Waals surface area contributed by atoms with Gasteiger partial charge in [0.1, 0.15) is 5.82 Å². The molecule has 3 nitrogen and oxygen atoms in total. The molecule has 0 spiro atoms. The Labute approximate surface area is 88.2 Å². The van der Waals surface area contributed by atoms with Crippen LogP contribution in [0.4, 0.5) is 14.9 Å². The highest BCUT2D eigenvalue weighted by Crippen LogP contribution is 2.09. The lowest BCUT2D eigenvalue weighted by Gasteiger charge is -2.08. The number of benzene rings is 1. The van der Waals surface area contributed by atoms with Crippen LogP contribution >= 0.6 is 0 Å². The molecule has 82 valence electrons. The Morgan fingerprint density at radius 2 is 2.27 bits per heavy atom. The Morgan fingerprint density at radius 3 is 2.87 bits per heavy atom. The molecule has 0 aliphatic heterocycles. The maximum Gasteiger partial charge on any atom is 0.411 e. The van der Waals surface area contributed by atoms with Gasteiger partial charge in [-0.25, -0.2) is 9.18 Å². The lowest BCUT2D eigenvalue weighted by Crippen LogP contribution is -2.16. The van der Waals surface area contributed by atoms with E-state index in [4.69, 9.17) is 4.74 Å². The van der Waals surface area contributed by atoms with Crippen molar-refractivity contribution in [1.29, 1.82) is 0 Å². The van der Waals surface area contributed by atoms with Gasteiger partial charge in [0.05, 0.1) is 6.61 Å². The number of nitrogens with one attached hydrogen (secondary N) is 1. The van der Waals surface area contributed by atoms with Crippen LogP contribution in [0.25, 0.3) is 0 Å². The van der Waals surface area contributed by atoms with Crippen LogP contribution in [0.5, 0.6) is 0 Å². The van der Waals surface area contributed by atoms with Gasteiger partial charge in [-0.15, -0.1) is 0 Å². The molecule has 1 N–H and O–H groups in total. The molecule has 0 aliphatic rings.